The van der Waals surface area contributed by atoms with Crippen molar-refractivity contribution in [1.29, 1.82) is 0 Å². The third-order valence-corrected chi connectivity index (χ3v) is 5.14. The fourth-order valence-corrected chi connectivity index (χ4v) is 3.99. The summed E-state index contributed by atoms with van der Waals surface area (Å²) in [5.74, 6) is 0.431. The molecule has 0 aliphatic heterocycles. The third kappa shape index (κ3) is 2.53. The van der Waals surface area contributed by atoms with E-state index in [1.54, 1.807) is 18.2 Å². The van der Waals surface area contributed by atoms with Gasteiger partial charge >= 0.3 is 0 Å². The van der Waals surface area contributed by atoms with Crippen LogP contribution in [0.3, 0.4) is 0 Å². The number of benzene rings is 2. The summed E-state index contributed by atoms with van der Waals surface area (Å²) in [4.78, 5) is 2.10. The molecule has 0 spiro atoms. The lowest BCUT2D eigenvalue weighted by Crippen LogP contribution is -2.14. The molecule has 132 valence electrons. The van der Waals surface area contributed by atoms with Gasteiger partial charge in [-0.2, -0.15) is 0 Å². The summed E-state index contributed by atoms with van der Waals surface area (Å²) < 4.78 is 19.9. The molecule has 1 aliphatic rings. The minimum absolute atomic E-state index is 0.238. The Balaban J connectivity index is 1.89. The zero-order chi connectivity index (χ0) is 18.4. The molecule has 26 heavy (non-hydrogen) atoms. The molecule has 4 rings (SSSR count). The van der Waals surface area contributed by atoms with E-state index < -0.39 is 5.82 Å². The Labute approximate surface area is 156 Å². The van der Waals surface area contributed by atoms with Crippen LogP contribution in [0.5, 0.6) is 0 Å². The molecule has 0 amide bonds. The van der Waals surface area contributed by atoms with E-state index in [1.165, 1.54) is 11.6 Å². The van der Waals surface area contributed by atoms with Crippen molar-refractivity contribution in [3.8, 4) is 11.3 Å². The number of halogens is 2. The smallest absolute Gasteiger partial charge is 0.169 e. The van der Waals surface area contributed by atoms with Crippen molar-refractivity contribution in [2.75, 3.05) is 14.1 Å². The van der Waals surface area contributed by atoms with E-state index in [0.29, 0.717) is 16.5 Å². The minimum atomic E-state index is -0.417. The van der Waals surface area contributed by atoms with Crippen LogP contribution in [0.25, 0.3) is 16.8 Å². The zero-order valence-electron chi connectivity index (χ0n) is 14.8. The Morgan fingerprint density at radius 3 is 2.62 bits per heavy atom. The maximum Gasteiger partial charge on any atom is 0.169 e. The van der Waals surface area contributed by atoms with Crippen LogP contribution >= 0.6 is 11.6 Å². The predicted octanol–water partition coefficient (Wildman–Crippen LogP) is 5.57. The molecule has 1 unspecified atom stereocenters. The fraction of sp³-hybridized carbons (Fsp3) is 0.190. The molecule has 0 bridgehead atoms. The SMILES string of the molecule is CC1C(N(C)C)=C(c2cc(-c3c(F)cccc3Cl)no2)c2ccccc21. The highest BCUT2D eigenvalue weighted by molar-refractivity contribution is 6.33. The molecule has 0 radical (unpaired) electrons. The summed E-state index contributed by atoms with van der Waals surface area (Å²) in [7, 11) is 4.03. The quantitative estimate of drug-likeness (QED) is 0.605. The van der Waals surface area contributed by atoms with Crippen molar-refractivity contribution in [3.63, 3.8) is 0 Å². The molecule has 1 aromatic heterocycles. The van der Waals surface area contributed by atoms with Crippen LogP contribution in [-0.2, 0) is 0 Å². The summed E-state index contributed by atoms with van der Waals surface area (Å²) >= 11 is 6.17. The van der Waals surface area contributed by atoms with Crippen LogP contribution in [0.1, 0.15) is 29.7 Å². The van der Waals surface area contributed by atoms with E-state index in [4.69, 9.17) is 16.1 Å². The van der Waals surface area contributed by atoms with Crippen LogP contribution in [0.4, 0.5) is 4.39 Å². The molecule has 1 heterocycles. The van der Waals surface area contributed by atoms with Gasteiger partial charge in [-0.05, 0) is 23.3 Å². The third-order valence-electron chi connectivity index (χ3n) is 4.82. The Morgan fingerprint density at radius 1 is 1.12 bits per heavy atom. The first-order valence-electron chi connectivity index (χ1n) is 8.41. The van der Waals surface area contributed by atoms with Gasteiger partial charge in [-0.15, -0.1) is 0 Å². The maximum atomic E-state index is 14.2. The lowest BCUT2D eigenvalue weighted by molar-refractivity contribution is 0.409. The number of likely N-dealkylation sites (N-methyl/N-ethyl adjacent to an activating group) is 1. The molecule has 0 fully saturated rings. The molecular weight excluding hydrogens is 351 g/mol. The van der Waals surface area contributed by atoms with Crippen LogP contribution in [0.15, 0.2) is 58.8 Å². The molecule has 1 aliphatic carbocycles. The van der Waals surface area contributed by atoms with Gasteiger partial charge in [0.25, 0.3) is 0 Å². The molecule has 3 aromatic rings. The number of nitrogens with zero attached hydrogens (tertiary/aromatic N) is 2. The first-order valence-corrected chi connectivity index (χ1v) is 8.79. The van der Waals surface area contributed by atoms with Gasteiger partial charge in [0.15, 0.2) is 5.76 Å². The maximum absolute atomic E-state index is 14.2. The van der Waals surface area contributed by atoms with Crippen molar-refractivity contribution in [2.24, 2.45) is 0 Å². The minimum Gasteiger partial charge on any atom is -0.380 e. The number of rotatable bonds is 3. The van der Waals surface area contributed by atoms with Crippen molar-refractivity contribution in [3.05, 3.63) is 82.0 Å². The van der Waals surface area contributed by atoms with Crippen molar-refractivity contribution >= 4 is 17.2 Å². The largest absolute Gasteiger partial charge is 0.380 e. The average Bonchev–Trinajstić information content (AvgIpc) is 3.18. The zero-order valence-corrected chi connectivity index (χ0v) is 15.5. The lowest BCUT2D eigenvalue weighted by atomic mass is 10.0. The van der Waals surface area contributed by atoms with Crippen LogP contribution < -0.4 is 0 Å². The monoisotopic (exact) mass is 368 g/mol. The molecule has 1 atom stereocenters. The Morgan fingerprint density at radius 2 is 1.88 bits per heavy atom. The van der Waals surface area contributed by atoms with E-state index >= 15 is 0 Å². The van der Waals surface area contributed by atoms with E-state index in [0.717, 1.165) is 16.8 Å². The topological polar surface area (TPSA) is 29.3 Å². The van der Waals surface area contributed by atoms with Gasteiger partial charge in [0.2, 0.25) is 0 Å². The van der Waals surface area contributed by atoms with Gasteiger partial charge < -0.3 is 9.42 Å². The van der Waals surface area contributed by atoms with Gasteiger partial charge in [-0.25, -0.2) is 4.39 Å². The number of hydrogen-bond acceptors (Lipinski definition) is 3. The lowest BCUT2D eigenvalue weighted by Gasteiger charge is -2.20. The first-order chi connectivity index (χ1) is 12.5. The first kappa shape index (κ1) is 16.9. The van der Waals surface area contributed by atoms with Gasteiger partial charge in [-0.1, -0.05) is 54.0 Å². The standard InChI is InChI=1S/C21H18ClFN2O/c1-12-13-7-4-5-8-14(13)19(21(12)25(2)3)18-11-17(24-26-18)20-15(22)9-6-10-16(20)23/h4-12H,1-3H3. The van der Waals surface area contributed by atoms with Crippen LogP contribution in [-0.4, -0.2) is 24.2 Å². The predicted molar refractivity (Wildman–Crippen MR) is 101 cm³/mol. The summed E-state index contributed by atoms with van der Waals surface area (Å²) in [6, 6.07) is 14.6. The molecule has 0 saturated heterocycles. The van der Waals surface area contributed by atoms with E-state index in [9.17, 15) is 4.39 Å². The highest BCUT2D eigenvalue weighted by Gasteiger charge is 2.32. The highest BCUT2D eigenvalue weighted by Crippen LogP contribution is 2.46. The fourth-order valence-electron chi connectivity index (χ4n) is 3.73. The Hall–Kier alpha value is -2.59. The summed E-state index contributed by atoms with van der Waals surface area (Å²) in [6.45, 7) is 2.17. The van der Waals surface area contributed by atoms with Crippen molar-refractivity contribution < 1.29 is 8.91 Å². The number of allylic oxidation sites excluding steroid dienone is 1. The Kier molecular flexibility index (Phi) is 4.08. The van der Waals surface area contributed by atoms with Gasteiger partial charge in [-0.3, -0.25) is 0 Å². The van der Waals surface area contributed by atoms with E-state index in [-0.39, 0.29) is 11.5 Å². The van der Waals surface area contributed by atoms with Crippen molar-refractivity contribution in [2.45, 2.75) is 12.8 Å². The van der Waals surface area contributed by atoms with Gasteiger partial charge in [0, 0.05) is 37.3 Å². The van der Waals surface area contributed by atoms with E-state index in [1.807, 2.05) is 26.2 Å². The number of hydrogen-bond donors (Lipinski definition) is 0. The number of fused-ring (bicyclic) bond motifs is 1. The molecular formula is C21H18ClFN2O. The Bertz CT molecular complexity index is 1000. The summed E-state index contributed by atoms with van der Waals surface area (Å²) in [6.07, 6.45) is 0. The second kappa shape index (κ2) is 6.29. The highest BCUT2D eigenvalue weighted by atomic mass is 35.5. The summed E-state index contributed by atoms with van der Waals surface area (Å²) in [5.41, 5.74) is 5.15. The number of aromatic nitrogens is 1. The van der Waals surface area contributed by atoms with Crippen molar-refractivity contribution in [1.82, 2.24) is 10.1 Å². The normalized spacial score (nSPS) is 16.1. The molecule has 0 N–H and O–H groups in total. The van der Waals surface area contributed by atoms with Crippen LogP contribution in [0, 0.1) is 5.82 Å². The van der Waals surface area contributed by atoms with Gasteiger partial charge in [0.05, 0.1) is 10.6 Å². The van der Waals surface area contributed by atoms with Crippen LogP contribution in [0.2, 0.25) is 5.02 Å². The molecule has 0 saturated carbocycles. The molecule has 2 aromatic carbocycles. The summed E-state index contributed by atoms with van der Waals surface area (Å²) in [5, 5.41) is 4.40. The molecule has 5 heteroatoms. The second-order valence-corrected chi connectivity index (χ2v) is 7.04. The van der Waals surface area contributed by atoms with E-state index in [2.05, 4.69) is 29.1 Å². The average molecular weight is 369 g/mol. The second-order valence-electron chi connectivity index (χ2n) is 6.64. The van der Waals surface area contributed by atoms with Gasteiger partial charge in [0.1, 0.15) is 11.5 Å². The molecule has 3 nitrogen and oxygen atoms in total.